The maximum absolute atomic E-state index is 12.9. The van der Waals surface area contributed by atoms with Crippen LogP contribution in [0.5, 0.6) is 0 Å². The van der Waals surface area contributed by atoms with Crippen LogP contribution < -0.4 is 16.4 Å². The molecule has 1 aromatic rings. The van der Waals surface area contributed by atoms with Crippen molar-refractivity contribution in [3.63, 3.8) is 0 Å². The van der Waals surface area contributed by atoms with E-state index in [4.69, 9.17) is 5.73 Å². The Balaban J connectivity index is 1.86. The van der Waals surface area contributed by atoms with Crippen LogP contribution in [0.15, 0.2) is 18.2 Å². The number of carbonyl (C=O) groups excluding carboxylic acids is 1. The van der Waals surface area contributed by atoms with Gasteiger partial charge >= 0.3 is 6.03 Å². The highest BCUT2D eigenvalue weighted by atomic mass is 19.1. The van der Waals surface area contributed by atoms with E-state index in [9.17, 15) is 9.18 Å². The number of nitrogen functional groups attached to an aromatic ring is 1. The first kappa shape index (κ1) is 12.7. The first-order valence-corrected chi connectivity index (χ1v) is 6.10. The fourth-order valence-corrected chi connectivity index (χ4v) is 2.07. The molecule has 2 unspecified atom stereocenters. The summed E-state index contributed by atoms with van der Waals surface area (Å²) in [4.78, 5) is 11.7. The molecule has 2 atom stereocenters. The minimum absolute atomic E-state index is 0.0271. The molecule has 0 saturated heterocycles. The number of urea groups is 1. The van der Waals surface area contributed by atoms with E-state index in [-0.39, 0.29) is 17.8 Å². The fourth-order valence-electron chi connectivity index (χ4n) is 2.07. The van der Waals surface area contributed by atoms with Gasteiger partial charge in [-0.15, -0.1) is 0 Å². The van der Waals surface area contributed by atoms with E-state index >= 15 is 0 Å². The topological polar surface area (TPSA) is 67.2 Å². The number of rotatable bonds is 3. The number of nitrogens with one attached hydrogen (secondary N) is 2. The van der Waals surface area contributed by atoms with Gasteiger partial charge in [-0.25, -0.2) is 9.18 Å². The summed E-state index contributed by atoms with van der Waals surface area (Å²) in [5.41, 5.74) is 5.95. The Labute approximate surface area is 106 Å². The summed E-state index contributed by atoms with van der Waals surface area (Å²) >= 11 is 0. The van der Waals surface area contributed by atoms with E-state index in [1.807, 2.05) is 0 Å². The van der Waals surface area contributed by atoms with Gasteiger partial charge in [0.15, 0.2) is 0 Å². The Morgan fingerprint density at radius 2 is 2.22 bits per heavy atom. The first-order chi connectivity index (χ1) is 8.47. The summed E-state index contributed by atoms with van der Waals surface area (Å²) in [6.07, 6.45) is 1.02. The smallest absolute Gasteiger partial charge is 0.319 e. The number of carbonyl (C=O) groups is 1. The second kappa shape index (κ2) is 4.84. The van der Waals surface area contributed by atoms with Gasteiger partial charge in [-0.1, -0.05) is 13.8 Å². The highest BCUT2D eigenvalue weighted by Gasteiger charge is 2.40. The maximum atomic E-state index is 12.9. The molecule has 0 spiro atoms. The van der Waals surface area contributed by atoms with Gasteiger partial charge in [0.1, 0.15) is 5.82 Å². The zero-order valence-corrected chi connectivity index (χ0v) is 10.5. The van der Waals surface area contributed by atoms with Crippen molar-refractivity contribution in [2.75, 3.05) is 11.1 Å². The van der Waals surface area contributed by atoms with Crippen molar-refractivity contribution in [1.82, 2.24) is 5.32 Å². The molecule has 1 fully saturated rings. The number of benzene rings is 1. The summed E-state index contributed by atoms with van der Waals surface area (Å²) in [5, 5.41) is 5.53. The molecule has 0 heterocycles. The van der Waals surface area contributed by atoms with Gasteiger partial charge in [0.2, 0.25) is 0 Å². The highest BCUT2D eigenvalue weighted by molar-refractivity contribution is 5.90. The number of halogens is 1. The third-order valence-corrected chi connectivity index (χ3v) is 3.27. The molecule has 1 aromatic carbocycles. The Bertz CT molecular complexity index is 462. The molecule has 1 aliphatic carbocycles. The molecule has 2 rings (SSSR count). The molecule has 0 bridgehead atoms. The lowest BCUT2D eigenvalue weighted by atomic mass is 10.1. The largest absolute Gasteiger partial charge is 0.396 e. The van der Waals surface area contributed by atoms with Gasteiger partial charge in [0.25, 0.3) is 0 Å². The minimum Gasteiger partial charge on any atom is -0.396 e. The van der Waals surface area contributed by atoms with Crippen molar-refractivity contribution in [2.45, 2.75) is 26.3 Å². The molecule has 2 amide bonds. The maximum Gasteiger partial charge on any atom is 0.319 e. The third-order valence-electron chi connectivity index (χ3n) is 3.27. The van der Waals surface area contributed by atoms with Crippen molar-refractivity contribution in [3.8, 4) is 0 Å². The zero-order valence-electron chi connectivity index (χ0n) is 10.5. The van der Waals surface area contributed by atoms with Crippen LogP contribution in [-0.4, -0.2) is 12.1 Å². The molecular weight excluding hydrogens is 233 g/mol. The normalized spacial score (nSPS) is 21.8. The van der Waals surface area contributed by atoms with E-state index in [0.717, 1.165) is 6.42 Å². The van der Waals surface area contributed by atoms with Crippen molar-refractivity contribution in [1.29, 1.82) is 0 Å². The van der Waals surface area contributed by atoms with Crippen molar-refractivity contribution < 1.29 is 9.18 Å². The average Bonchev–Trinajstić information content (AvgIpc) is 3.03. The van der Waals surface area contributed by atoms with Crippen LogP contribution in [0.2, 0.25) is 0 Å². The van der Waals surface area contributed by atoms with Crippen LogP contribution in [0.4, 0.5) is 20.6 Å². The summed E-state index contributed by atoms with van der Waals surface area (Å²) < 4.78 is 12.9. The van der Waals surface area contributed by atoms with Crippen molar-refractivity contribution in [2.24, 2.45) is 11.8 Å². The van der Waals surface area contributed by atoms with Crippen LogP contribution in [0.1, 0.15) is 20.3 Å². The predicted molar refractivity (Wildman–Crippen MR) is 69.7 cm³/mol. The molecule has 98 valence electrons. The molecule has 4 nitrogen and oxygen atoms in total. The molecular formula is C13H18FN3O. The quantitative estimate of drug-likeness (QED) is 0.723. The summed E-state index contributed by atoms with van der Waals surface area (Å²) in [5.74, 6) is 0.661. The summed E-state index contributed by atoms with van der Waals surface area (Å²) in [6.45, 7) is 4.29. The Morgan fingerprint density at radius 3 is 2.78 bits per heavy atom. The average molecular weight is 251 g/mol. The number of anilines is 2. The van der Waals surface area contributed by atoms with Crippen LogP contribution in [-0.2, 0) is 0 Å². The molecule has 5 heteroatoms. The van der Waals surface area contributed by atoms with Crippen LogP contribution in [0.25, 0.3) is 0 Å². The van der Waals surface area contributed by atoms with Crippen molar-refractivity contribution >= 4 is 17.4 Å². The van der Waals surface area contributed by atoms with Crippen LogP contribution in [0, 0.1) is 17.7 Å². The van der Waals surface area contributed by atoms with Gasteiger partial charge in [0.05, 0.1) is 5.69 Å². The monoisotopic (exact) mass is 251 g/mol. The number of nitrogens with two attached hydrogens (primary N) is 1. The molecule has 0 radical (unpaired) electrons. The van der Waals surface area contributed by atoms with E-state index in [1.54, 1.807) is 0 Å². The lowest BCUT2D eigenvalue weighted by Crippen LogP contribution is -2.32. The summed E-state index contributed by atoms with van der Waals surface area (Å²) in [6, 6.07) is 4.11. The second-order valence-electron chi connectivity index (χ2n) is 5.08. The molecule has 0 aliphatic heterocycles. The van der Waals surface area contributed by atoms with E-state index < -0.39 is 5.82 Å². The third kappa shape index (κ3) is 2.91. The van der Waals surface area contributed by atoms with Gasteiger partial charge < -0.3 is 16.4 Å². The number of hydrogen-bond acceptors (Lipinski definition) is 2. The SMILES string of the molecule is CC(C)C1CC1NC(=O)Nc1ccc(F)c(N)c1. The molecule has 1 aliphatic rings. The number of amides is 2. The second-order valence-corrected chi connectivity index (χ2v) is 5.08. The fraction of sp³-hybridized carbons (Fsp3) is 0.462. The van der Waals surface area contributed by atoms with Gasteiger partial charge in [-0.05, 0) is 36.5 Å². The first-order valence-electron chi connectivity index (χ1n) is 6.10. The molecule has 4 N–H and O–H groups in total. The predicted octanol–water partition coefficient (Wildman–Crippen LogP) is 2.57. The van der Waals surface area contributed by atoms with Crippen LogP contribution >= 0.6 is 0 Å². The minimum atomic E-state index is -0.483. The molecule has 1 saturated carbocycles. The van der Waals surface area contributed by atoms with E-state index in [2.05, 4.69) is 24.5 Å². The van der Waals surface area contributed by atoms with Gasteiger partial charge in [-0.2, -0.15) is 0 Å². The molecule has 18 heavy (non-hydrogen) atoms. The van der Waals surface area contributed by atoms with E-state index in [1.165, 1.54) is 18.2 Å². The van der Waals surface area contributed by atoms with Gasteiger partial charge in [-0.3, -0.25) is 0 Å². The van der Waals surface area contributed by atoms with Crippen LogP contribution in [0.3, 0.4) is 0 Å². The lowest BCUT2D eigenvalue weighted by Gasteiger charge is -2.09. The summed E-state index contributed by atoms with van der Waals surface area (Å²) in [7, 11) is 0. The number of hydrogen-bond donors (Lipinski definition) is 3. The van der Waals surface area contributed by atoms with Crippen molar-refractivity contribution in [3.05, 3.63) is 24.0 Å². The molecule has 0 aromatic heterocycles. The Morgan fingerprint density at radius 1 is 1.50 bits per heavy atom. The van der Waals surface area contributed by atoms with Gasteiger partial charge in [0, 0.05) is 11.7 Å². The highest BCUT2D eigenvalue weighted by Crippen LogP contribution is 2.37. The lowest BCUT2D eigenvalue weighted by molar-refractivity contribution is 0.251. The van der Waals surface area contributed by atoms with E-state index in [0.29, 0.717) is 17.5 Å². The zero-order chi connectivity index (χ0) is 13.3. The Hall–Kier alpha value is -1.78. The Kier molecular flexibility index (Phi) is 3.41. The standard InChI is InChI=1S/C13H18FN3O/c1-7(2)9-6-12(9)17-13(18)16-8-3-4-10(14)11(15)5-8/h3-5,7,9,12H,6,15H2,1-2H3,(H2,16,17,18).